The number of imide groups is 1. The maximum atomic E-state index is 13.1. The van der Waals surface area contributed by atoms with Crippen LogP contribution in [-0.2, 0) is 14.9 Å². The molecule has 3 N–H and O–H groups in total. The second-order valence-electron chi connectivity index (χ2n) is 8.40. The van der Waals surface area contributed by atoms with Gasteiger partial charge in [-0.3, -0.25) is 14.1 Å². The Bertz CT molecular complexity index is 1810. The highest BCUT2D eigenvalue weighted by atomic mass is 32.2. The average Bonchev–Trinajstić information content (AvgIpc) is 3.14. The van der Waals surface area contributed by atoms with Gasteiger partial charge in [0.2, 0.25) is 0 Å². The number of nitrogens with zero attached hydrogens (tertiary/aromatic N) is 2. The third-order valence-corrected chi connectivity index (χ3v) is 6.97. The minimum atomic E-state index is -4.62. The number of amides is 2. The van der Waals surface area contributed by atoms with E-state index in [-0.39, 0.29) is 34.3 Å². The largest absolute Gasteiger partial charge is 0.506 e. The molecule has 1 aliphatic rings. The summed E-state index contributed by atoms with van der Waals surface area (Å²) < 4.78 is 38.3. The van der Waals surface area contributed by atoms with Crippen LogP contribution in [0.5, 0.6) is 5.75 Å². The van der Waals surface area contributed by atoms with Crippen molar-refractivity contribution in [2.45, 2.75) is 11.8 Å². The standard InChI is InChI=1S/C25H19N3O8S/c1-13-18(12-26-22-16-8-4-3-7-15(16)21(11-19(22)29)37(33,34)35)24(31)28(27-13)23(30)17-10-14-6-2-5-9-20(14)36-25(17)32/h2-11,18,26,29H,12H2,1H3,(H,33,34,35). The lowest BCUT2D eigenvalue weighted by molar-refractivity contribution is -0.128. The number of benzene rings is 3. The first-order chi connectivity index (χ1) is 17.6. The first-order valence-corrected chi connectivity index (χ1v) is 12.4. The number of carbonyl (C=O) groups is 2. The van der Waals surface area contributed by atoms with Crippen LogP contribution >= 0.6 is 0 Å². The molecule has 0 radical (unpaired) electrons. The van der Waals surface area contributed by atoms with Crippen molar-refractivity contribution in [3.63, 3.8) is 0 Å². The summed E-state index contributed by atoms with van der Waals surface area (Å²) in [5, 5.41) is 19.0. The van der Waals surface area contributed by atoms with Gasteiger partial charge in [-0.15, -0.1) is 0 Å². The summed E-state index contributed by atoms with van der Waals surface area (Å²) in [6.45, 7) is 1.44. The van der Waals surface area contributed by atoms with Crippen LogP contribution in [0.1, 0.15) is 17.3 Å². The second-order valence-corrected chi connectivity index (χ2v) is 9.79. The highest BCUT2D eigenvalue weighted by Crippen LogP contribution is 2.37. The molecule has 1 atom stereocenters. The number of rotatable bonds is 5. The molecule has 0 spiro atoms. The van der Waals surface area contributed by atoms with E-state index < -0.39 is 44.1 Å². The smallest absolute Gasteiger partial charge is 0.349 e. The van der Waals surface area contributed by atoms with Gasteiger partial charge < -0.3 is 14.8 Å². The molecule has 5 rings (SSSR count). The number of hydrogen-bond acceptors (Lipinski definition) is 9. The van der Waals surface area contributed by atoms with Crippen molar-refractivity contribution >= 4 is 55.1 Å². The van der Waals surface area contributed by atoms with E-state index in [1.807, 2.05) is 0 Å². The van der Waals surface area contributed by atoms with Crippen molar-refractivity contribution in [3.05, 3.63) is 76.6 Å². The minimum Gasteiger partial charge on any atom is -0.506 e. The molecular weight excluding hydrogens is 502 g/mol. The molecule has 3 aromatic carbocycles. The normalized spacial score (nSPS) is 15.8. The number of carbonyl (C=O) groups excluding carboxylic acids is 2. The van der Waals surface area contributed by atoms with Crippen LogP contribution in [0, 0.1) is 5.92 Å². The van der Waals surface area contributed by atoms with E-state index in [4.69, 9.17) is 4.42 Å². The molecule has 0 bridgehead atoms. The predicted octanol–water partition coefficient (Wildman–Crippen LogP) is 2.99. The number of aromatic hydroxyl groups is 1. The minimum absolute atomic E-state index is 0.104. The van der Waals surface area contributed by atoms with Gasteiger partial charge in [-0.2, -0.15) is 18.5 Å². The van der Waals surface area contributed by atoms with Crippen molar-refractivity contribution in [3.8, 4) is 5.75 Å². The Balaban J connectivity index is 1.42. The van der Waals surface area contributed by atoms with Gasteiger partial charge in [0, 0.05) is 28.8 Å². The molecule has 0 saturated heterocycles. The molecule has 2 amide bonds. The van der Waals surface area contributed by atoms with E-state index in [1.165, 1.54) is 18.2 Å². The lowest BCUT2D eigenvalue weighted by Gasteiger charge is -2.17. The number of anilines is 1. The molecular formula is C25H19N3O8S. The molecule has 0 fully saturated rings. The van der Waals surface area contributed by atoms with Gasteiger partial charge in [-0.05, 0) is 19.1 Å². The van der Waals surface area contributed by atoms with Crippen LogP contribution < -0.4 is 10.9 Å². The van der Waals surface area contributed by atoms with E-state index in [0.29, 0.717) is 16.0 Å². The summed E-state index contributed by atoms with van der Waals surface area (Å²) in [5.41, 5.74) is -0.536. The Labute approximate surface area is 209 Å². The summed E-state index contributed by atoms with van der Waals surface area (Å²) in [5.74, 6) is -3.01. The van der Waals surface area contributed by atoms with Crippen molar-refractivity contribution < 1.29 is 32.1 Å². The van der Waals surface area contributed by atoms with Crippen LogP contribution in [-0.4, -0.2) is 47.2 Å². The molecule has 12 heteroatoms. The maximum absolute atomic E-state index is 13.1. The number of para-hydroxylation sites is 1. The summed E-state index contributed by atoms with van der Waals surface area (Å²) in [6, 6.07) is 15.1. The van der Waals surface area contributed by atoms with E-state index in [0.717, 1.165) is 6.07 Å². The first kappa shape index (κ1) is 24.2. The monoisotopic (exact) mass is 521 g/mol. The second kappa shape index (κ2) is 8.84. The Morgan fingerprint density at radius 3 is 2.49 bits per heavy atom. The molecule has 0 saturated carbocycles. The van der Waals surface area contributed by atoms with Gasteiger partial charge in [-0.1, -0.05) is 42.5 Å². The summed E-state index contributed by atoms with van der Waals surface area (Å²) >= 11 is 0. The zero-order chi connectivity index (χ0) is 26.5. The predicted molar refractivity (Wildman–Crippen MR) is 134 cm³/mol. The Morgan fingerprint density at radius 1 is 1.08 bits per heavy atom. The fourth-order valence-corrected chi connectivity index (χ4v) is 4.96. The van der Waals surface area contributed by atoms with Crippen LogP contribution in [0.15, 0.2) is 79.9 Å². The van der Waals surface area contributed by atoms with Gasteiger partial charge in [0.15, 0.2) is 0 Å². The number of nitrogens with one attached hydrogen (secondary N) is 1. The number of fused-ring (bicyclic) bond motifs is 2. The molecule has 1 unspecified atom stereocenters. The van der Waals surface area contributed by atoms with Gasteiger partial charge in [0.25, 0.3) is 21.9 Å². The van der Waals surface area contributed by atoms with Crippen molar-refractivity contribution in [1.82, 2.24) is 5.01 Å². The lowest BCUT2D eigenvalue weighted by atomic mass is 10.0. The highest BCUT2D eigenvalue weighted by Gasteiger charge is 2.38. The zero-order valence-corrected chi connectivity index (χ0v) is 20.0. The SMILES string of the molecule is CC1=NN(C(=O)c2cc3ccccc3oc2=O)C(=O)C1CNc1c(O)cc(S(=O)(=O)O)c2ccccc12. The molecule has 0 aliphatic carbocycles. The number of hydrogen-bond donors (Lipinski definition) is 3. The maximum Gasteiger partial charge on any atom is 0.349 e. The van der Waals surface area contributed by atoms with Crippen LogP contribution in [0.3, 0.4) is 0 Å². The summed E-state index contributed by atoms with van der Waals surface area (Å²) in [4.78, 5) is 38.1. The molecule has 1 aromatic heterocycles. The molecule has 37 heavy (non-hydrogen) atoms. The molecule has 1 aliphatic heterocycles. The van der Waals surface area contributed by atoms with E-state index in [1.54, 1.807) is 43.3 Å². The van der Waals surface area contributed by atoms with Crippen molar-refractivity contribution in [1.29, 1.82) is 0 Å². The number of hydrazone groups is 1. The summed E-state index contributed by atoms with van der Waals surface area (Å²) in [6.07, 6.45) is 0. The van der Waals surface area contributed by atoms with Gasteiger partial charge in [0.05, 0.1) is 17.3 Å². The van der Waals surface area contributed by atoms with Crippen LogP contribution in [0.25, 0.3) is 21.7 Å². The molecule has 2 heterocycles. The first-order valence-electron chi connectivity index (χ1n) is 11.0. The van der Waals surface area contributed by atoms with Crippen LogP contribution in [0.4, 0.5) is 5.69 Å². The average molecular weight is 522 g/mol. The van der Waals surface area contributed by atoms with Gasteiger partial charge in [-0.25, -0.2) is 4.79 Å². The fraction of sp³-hybridized carbons (Fsp3) is 0.120. The number of phenolic OH excluding ortho intramolecular Hbond substituents is 1. The quantitative estimate of drug-likeness (QED) is 0.155. The fourth-order valence-electron chi connectivity index (χ4n) is 4.24. The van der Waals surface area contributed by atoms with Crippen LogP contribution in [0.2, 0.25) is 0 Å². The van der Waals surface area contributed by atoms with E-state index in [9.17, 15) is 32.5 Å². The topological polar surface area (TPSA) is 167 Å². The molecule has 188 valence electrons. The van der Waals surface area contributed by atoms with E-state index >= 15 is 0 Å². The highest BCUT2D eigenvalue weighted by molar-refractivity contribution is 7.86. The third-order valence-electron chi connectivity index (χ3n) is 6.08. The van der Waals surface area contributed by atoms with Gasteiger partial charge >= 0.3 is 5.63 Å². The van der Waals surface area contributed by atoms with E-state index in [2.05, 4.69) is 10.4 Å². The third kappa shape index (κ3) is 4.21. The van der Waals surface area contributed by atoms with Crippen molar-refractivity contribution in [2.24, 2.45) is 11.0 Å². The van der Waals surface area contributed by atoms with Crippen molar-refractivity contribution in [2.75, 3.05) is 11.9 Å². The Kier molecular flexibility index (Phi) is 5.77. The van der Waals surface area contributed by atoms with Gasteiger partial charge in [0.1, 0.15) is 21.8 Å². The molecule has 4 aromatic rings. The lowest BCUT2D eigenvalue weighted by Crippen LogP contribution is -2.37. The number of phenols is 1. The molecule has 11 nitrogen and oxygen atoms in total. The zero-order valence-electron chi connectivity index (χ0n) is 19.2. The Hall–Kier alpha value is -4.55. The Morgan fingerprint density at radius 2 is 1.76 bits per heavy atom. The summed E-state index contributed by atoms with van der Waals surface area (Å²) in [7, 11) is -4.62.